The predicted molar refractivity (Wildman–Crippen MR) is 295 cm³/mol. The number of rotatable bonds is 9. The Labute approximate surface area is 404 Å². The van der Waals surface area contributed by atoms with Crippen LogP contribution in [0.1, 0.15) is 29.2 Å². The van der Waals surface area contributed by atoms with Crippen LogP contribution in [0.25, 0.3) is 80.7 Å². The molecule has 0 aliphatic rings. The largest absolute Gasteiger partial charge is 0.312 e. The molecule has 3 aromatic heterocycles. The van der Waals surface area contributed by atoms with Gasteiger partial charge in [-0.3, -0.25) is 5.41 Å². The van der Waals surface area contributed by atoms with Crippen molar-refractivity contribution in [3.8, 4) is 5.69 Å². The second-order valence-corrected chi connectivity index (χ2v) is 18.4. The zero-order chi connectivity index (χ0) is 46.3. The number of nitrogens with zero attached hydrogens (tertiary/aromatic N) is 4. The van der Waals surface area contributed by atoms with E-state index in [1.807, 2.05) is 85.1 Å². The van der Waals surface area contributed by atoms with Gasteiger partial charge in [0.05, 0.1) is 22.1 Å². The summed E-state index contributed by atoms with van der Waals surface area (Å²) >= 11 is 1.90. The molecular weight excluding hydrogens is 859 g/mol. The molecule has 0 spiro atoms. The first-order valence-corrected chi connectivity index (χ1v) is 24.1. The molecule has 0 amide bonds. The van der Waals surface area contributed by atoms with Crippen molar-refractivity contribution in [2.45, 2.75) is 13.3 Å². The third-order valence-electron chi connectivity index (χ3n) is 13.1. The molecule has 5 nitrogen and oxygen atoms in total. The zero-order valence-corrected chi connectivity index (χ0v) is 38.7. The Balaban J connectivity index is 1.11. The number of benzene rings is 9. The van der Waals surface area contributed by atoms with Crippen LogP contribution in [0.2, 0.25) is 0 Å². The molecule has 0 bridgehead atoms. The summed E-state index contributed by atoms with van der Waals surface area (Å²) in [6.45, 7) is 1.99. The standard InChI is InChI=1S/C63H45N5S/c1-42(62(64)66-63(46-27-13-5-14-28-46)65-41-44-23-9-3-10-24-44)39-52(45-25-11-4-12-26-45)57(40-43-21-7-2-8-22-43)68-54-34-20-18-32-51(54)59-56(68)38-36-49-48-35-37-55-58(60(48)69-61(49)59)50-31-17-19-33-53(50)67(55)47-29-15-6-16-30-47/h2-39,41,64H,40H2,1H3/b42-39+,57-52-,64-62?,65-41+,66-63-. The molecule has 1 N–H and O–H groups in total. The van der Waals surface area contributed by atoms with Crippen LogP contribution in [0, 0.1) is 5.41 Å². The van der Waals surface area contributed by atoms with Crippen molar-refractivity contribution < 1.29 is 0 Å². The van der Waals surface area contributed by atoms with Crippen LogP contribution >= 0.6 is 11.3 Å². The minimum atomic E-state index is 0.140. The first kappa shape index (κ1) is 41.7. The number of aromatic nitrogens is 2. The average Bonchev–Trinajstić information content (AvgIpc) is 4.07. The Hall–Kier alpha value is -8.71. The first-order chi connectivity index (χ1) is 34.1. The van der Waals surface area contributed by atoms with Gasteiger partial charge in [-0.05, 0) is 71.7 Å². The Morgan fingerprint density at radius 2 is 1.03 bits per heavy atom. The van der Waals surface area contributed by atoms with Crippen molar-refractivity contribution in [3.63, 3.8) is 0 Å². The number of allylic oxidation sites excluding steroid dienone is 3. The minimum absolute atomic E-state index is 0.140. The van der Waals surface area contributed by atoms with Gasteiger partial charge in [-0.1, -0.05) is 188 Å². The van der Waals surface area contributed by atoms with Crippen molar-refractivity contribution in [1.82, 2.24) is 9.13 Å². The lowest BCUT2D eigenvalue weighted by atomic mass is 9.96. The topological polar surface area (TPSA) is 58.4 Å². The van der Waals surface area contributed by atoms with Gasteiger partial charge in [-0.25, -0.2) is 9.98 Å². The van der Waals surface area contributed by atoms with E-state index >= 15 is 0 Å². The third-order valence-corrected chi connectivity index (χ3v) is 14.3. The average molecular weight is 904 g/mol. The summed E-state index contributed by atoms with van der Waals surface area (Å²) in [4.78, 5) is 9.78. The molecule has 0 unspecified atom stereocenters. The summed E-state index contributed by atoms with van der Waals surface area (Å²) in [5.41, 5.74) is 12.7. The first-order valence-electron chi connectivity index (χ1n) is 23.3. The van der Waals surface area contributed by atoms with Crippen LogP contribution in [-0.4, -0.2) is 27.0 Å². The van der Waals surface area contributed by atoms with Gasteiger partial charge in [0.25, 0.3) is 0 Å². The Morgan fingerprint density at radius 1 is 0.507 bits per heavy atom. The molecule has 6 heteroatoms. The molecule has 3 heterocycles. The van der Waals surface area contributed by atoms with Crippen molar-refractivity contribution in [3.05, 3.63) is 258 Å². The maximum Gasteiger partial charge on any atom is 0.161 e. The highest BCUT2D eigenvalue weighted by atomic mass is 32.1. The van der Waals surface area contributed by atoms with E-state index in [-0.39, 0.29) is 5.84 Å². The van der Waals surface area contributed by atoms with E-state index < -0.39 is 0 Å². The number of aliphatic imine (C=N–C) groups is 2. The normalized spacial score (nSPS) is 12.9. The smallest absolute Gasteiger partial charge is 0.161 e. The molecule has 0 saturated heterocycles. The van der Waals surface area contributed by atoms with Crippen LogP contribution in [0.4, 0.5) is 0 Å². The molecule has 328 valence electrons. The van der Waals surface area contributed by atoms with E-state index in [0.717, 1.165) is 44.7 Å². The van der Waals surface area contributed by atoms with Gasteiger partial charge in [0, 0.05) is 76.9 Å². The lowest BCUT2D eigenvalue weighted by Crippen LogP contribution is -2.07. The van der Waals surface area contributed by atoms with E-state index in [1.165, 1.54) is 58.3 Å². The molecule has 12 aromatic rings. The lowest BCUT2D eigenvalue weighted by molar-refractivity contribution is 1.11. The van der Waals surface area contributed by atoms with Crippen molar-refractivity contribution in [2.75, 3.05) is 0 Å². The van der Waals surface area contributed by atoms with Crippen LogP contribution in [0.5, 0.6) is 0 Å². The molecule has 0 radical (unpaired) electrons. The fraction of sp³-hybridized carbons (Fsp3) is 0.0317. The molecule has 0 atom stereocenters. The molecular formula is C63H45N5S. The number of fused-ring (bicyclic) bond motifs is 11. The number of thiophene rings is 1. The highest BCUT2D eigenvalue weighted by molar-refractivity contribution is 7.27. The molecule has 0 fully saturated rings. The number of hydrogen-bond acceptors (Lipinski definition) is 2. The van der Waals surface area contributed by atoms with Gasteiger partial charge in [0.1, 0.15) is 5.84 Å². The number of para-hydroxylation sites is 3. The summed E-state index contributed by atoms with van der Waals surface area (Å²) in [5, 5.41) is 17.1. The van der Waals surface area contributed by atoms with E-state index in [1.54, 1.807) is 0 Å². The SMILES string of the molecule is C/C(=C\C(=C(/Cc1ccccc1)n1c2ccccc2c2c3sc4c(ccc5c4c4ccccc4n5-c4ccccc4)c3ccc21)c1ccccc1)C(=N)/N=C(\N=C\c1ccccc1)c1ccccc1. The van der Waals surface area contributed by atoms with Gasteiger partial charge < -0.3 is 9.13 Å². The van der Waals surface area contributed by atoms with Gasteiger partial charge in [-0.2, -0.15) is 0 Å². The van der Waals surface area contributed by atoms with Gasteiger partial charge in [-0.15, -0.1) is 11.3 Å². The molecule has 69 heavy (non-hydrogen) atoms. The molecule has 12 rings (SSSR count). The lowest BCUT2D eigenvalue weighted by Gasteiger charge is -2.19. The second-order valence-electron chi connectivity index (χ2n) is 17.4. The summed E-state index contributed by atoms with van der Waals surface area (Å²) in [6.07, 6.45) is 4.60. The van der Waals surface area contributed by atoms with Gasteiger partial charge in [0.2, 0.25) is 0 Å². The van der Waals surface area contributed by atoms with Gasteiger partial charge in [0.15, 0.2) is 5.84 Å². The Morgan fingerprint density at radius 3 is 1.70 bits per heavy atom. The maximum atomic E-state index is 9.55. The number of amidine groups is 2. The molecule has 9 aromatic carbocycles. The predicted octanol–water partition coefficient (Wildman–Crippen LogP) is 16.4. The van der Waals surface area contributed by atoms with Crippen LogP contribution < -0.4 is 0 Å². The third kappa shape index (κ3) is 7.57. The zero-order valence-electron chi connectivity index (χ0n) is 37.9. The fourth-order valence-corrected chi connectivity index (χ4v) is 11.3. The molecule has 0 aliphatic carbocycles. The van der Waals surface area contributed by atoms with Crippen molar-refractivity contribution in [2.24, 2.45) is 9.98 Å². The summed E-state index contributed by atoms with van der Waals surface area (Å²) in [5.74, 6) is 0.615. The quantitative estimate of drug-likeness (QED) is 0.0852. The highest BCUT2D eigenvalue weighted by Gasteiger charge is 2.23. The van der Waals surface area contributed by atoms with E-state index in [9.17, 15) is 5.41 Å². The monoisotopic (exact) mass is 903 g/mol. The van der Waals surface area contributed by atoms with E-state index in [2.05, 4.69) is 179 Å². The molecule has 0 aliphatic heterocycles. The van der Waals surface area contributed by atoms with Gasteiger partial charge >= 0.3 is 0 Å². The maximum absolute atomic E-state index is 9.55. The second kappa shape index (κ2) is 17.8. The number of hydrogen-bond donors (Lipinski definition) is 1. The van der Waals surface area contributed by atoms with E-state index in [0.29, 0.717) is 17.8 Å². The van der Waals surface area contributed by atoms with Crippen molar-refractivity contribution >= 4 is 104 Å². The Bertz CT molecular complexity index is 4030. The minimum Gasteiger partial charge on any atom is -0.312 e. The van der Waals surface area contributed by atoms with Crippen molar-refractivity contribution in [1.29, 1.82) is 5.41 Å². The number of nitrogens with one attached hydrogen (secondary N) is 1. The highest BCUT2D eigenvalue weighted by Crippen LogP contribution is 2.48. The summed E-state index contributed by atoms with van der Waals surface area (Å²) in [6, 6.07) is 78.9. The molecule has 0 saturated carbocycles. The summed E-state index contributed by atoms with van der Waals surface area (Å²) in [7, 11) is 0. The summed E-state index contributed by atoms with van der Waals surface area (Å²) < 4.78 is 7.46. The Kier molecular flexibility index (Phi) is 10.8. The van der Waals surface area contributed by atoms with E-state index in [4.69, 9.17) is 9.98 Å². The van der Waals surface area contributed by atoms with Crippen LogP contribution in [-0.2, 0) is 6.42 Å². The fourth-order valence-electron chi connectivity index (χ4n) is 9.89. The van der Waals surface area contributed by atoms with Crippen LogP contribution in [0.3, 0.4) is 0 Å². The van der Waals surface area contributed by atoms with Crippen LogP contribution in [0.15, 0.2) is 246 Å².